The van der Waals surface area contributed by atoms with Gasteiger partial charge in [0.1, 0.15) is 5.01 Å². The number of hydrogen-bond acceptors (Lipinski definition) is 6. The Balaban J connectivity index is 1.32. The zero-order valence-electron chi connectivity index (χ0n) is 17.3. The van der Waals surface area contributed by atoms with Crippen LogP contribution in [0.15, 0.2) is 77.7 Å². The quantitative estimate of drug-likeness (QED) is 0.374. The van der Waals surface area contributed by atoms with E-state index in [4.69, 9.17) is 5.14 Å². The molecule has 4 N–H and O–H groups in total. The topological polar surface area (TPSA) is 131 Å². The van der Waals surface area contributed by atoms with Crippen LogP contribution in [0.25, 0.3) is 21.3 Å². The van der Waals surface area contributed by atoms with Crippen molar-refractivity contribution in [3.05, 3.63) is 77.8 Å². The standard InChI is InChI=1S/C23H20N4O4S2/c24-33(30,31)18-9-7-17(8-10-18)26-22(29)14-25-21(28)13-23-27-19-11-6-16(12-20(19)32-23)15-4-2-1-3-5-15/h1-12H,13-14H2,(H,25,28)(H,26,29)(H2,24,30,31). The Labute approximate surface area is 194 Å². The number of amides is 2. The van der Waals surface area contributed by atoms with Gasteiger partial charge in [0.05, 0.1) is 28.1 Å². The number of fused-ring (bicyclic) bond motifs is 1. The summed E-state index contributed by atoms with van der Waals surface area (Å²) in [6.45, 7) is -0.223. The van der Waals surface area contributed by atoms with E-state index in [9.17, 15) is 18.0 Å². The molecule has 0 saturated carbocycles. The molecule has 0 bridgehead atoms. The predicted molar refractivity (Wildman–Crippen MR) is 128 cm³/mol. The van der Waals surface area contributed by atoms with E-state index in [1.807, 2.05) is 42.5 Å². The average molecular weight is 481 g/mol. The molecule has 3 aromatic carbocycles. The molecular formula is C23H20N4O4S2. The molecule has 0 atom stereocenters. The first-order valence-electron chi connectivity index (χ1n) is 9.92. The van der Waals surface area contributed by atoms with Gasteiger partial charge in [-0.3, -0.25) is 9.59 Å². The van der Waals surface area contributed by atoms with Crippen LogP contribution in [-0.2, 0) is 26.0 Å². The lowest BCUT2D eigenvalue weighted by Gasteiger charge is -2.07. The maximum atomic E-state index is 12.3. The van der Waals surface area contributed by atoms with Gasteiger partial charge in [0.25, 0.3) is 0 Å². The summed E-state index contributed by atoms with van der Waals surface area (Å²) in [6.07, 6.45) is 0.0658. The Morgan fingerprint density at radius 2 is 1.64 bits per heavy atom. The third-order valence-electron chi connectivity index (χ3n) is 4.76. The Morgan fingerprint density at radius 1 is 0.909 bits per heavy atom. The number of benzene rings is 3. The molecule has 0 saturated heterocycles. The molecule has 10 heteroatoms. The number of nitrogens with two attached hydrogens (primary N) is 1. The largest absolute Gasteiger partial charge is 0.347 e. The summed E-state index contributed by atoms with van der Waals surface area (Å²) in [4.78, 5) is 28.8. The molecule has 0 aliphatic carbocycles. The Hall–Kier alpha value is -3.60. The van der Waals surface area contributed by atoms with Crippen LogP contribution in [0, 0.1) is 0 Å². The molecule has 168 valence electrons. The molecule has 8 nitrogen and oxygen atoms in total. The minimum absolute atomic E-state index is 0.0551. The van der Waals surface area contributed by atoms with E-state index in [1.54, 1.807) is 0 Å². The first-order valence-corrected chi connectivity index (χ1v) is 12.3. The number of sulfonamides is 1. The number of primary sulfonamides is 1. The molecule has 4 rings (SSSR count). The van der Waals surface area contributed by atoms with E-state index in [0.29, 0.717) is 10.7 Å². The summed E-state index contributed by atoms with van der Waals surface area (Å²) in [7, 11) is -3.80. The van der Waals surface area contributed by atoms with Crippen molar-refractivity contribution in [1.82, 2.24) is 10.3 Å². The highest BCUT2D eigenvalue weighted by molar-refractivity contribution is 7.89. The SMILES string of the molecule is NS(=O)(=O)c1ccc(NC(=O)CNC(=O)Cc2nc3ccc(-c4ccccc4)cc3s2)cc1. The zero-order chi connectivity index (χ0) is 23.4. The molecule has 33 heavy (non-hydrogen) atoms. The van der Waals surface area contributed by atoms with Crippen LogP contribution in [0.1, 0.15) is 5.01 Å². The number of carbonyl (C=O) groups is 2. The molecule has 1 heterocycles. The highest BCUT2D eigenvalue weighted by Crippen LogP contribution is 2.28. The molecular weight excluding hydrogens is 460 g/mol. The van der Waals surface area contributed by atoms with Crippen molar-refractivity contribution in [1.29, 1.82) is 0 Å². The van der Waals surface area contributed by atoms with E-state index >= 15 is 0 Å². The minimum atomic E-state index is -3.80. The number of rotatable bonds is 7. The minimum Gasteiger partial charge on any atom is -0.347 e. The fraction of sp³-hybridized carbons (Fsp3) is 0.0870. The second-order valence-corrected chi connectivity index (χ2v) is 9.90. The van der Waals surface area contributed by atoms with E-state index in [2.05, 4.69) is 21.7 Å². The number of aromatic nitrogens is 1. The fourth-order valence-corrected chi connectivity index (χ4v) is 4.69. The summed E-state index contributed by atoms with van der Waals surface area (Å²) < 4.78 is 23.5. The summed E-state index contributed by atoms with van der Waals surface area (Å²) in [5.74, 6) is -0.763. The highest BCUT2D eigenvalue weighted by Gasteiger charge is 2.12. The molecule has 0 aliphatic rings. The molecule has 1 aromatic heterocycles. The second kappa shape index (κ2) is 9.49. The number of anilines is 1. The first-order chi connectivity index (χ1) is 15.8. The molecule has 0 fully saturated rings. The third-order valence-corrected chi connectivity index (χ3v) is 6.71. The van der Waals surface area contributed by atoms with Crippen molar-refractivity contribution in [3.63, 3.8) is 0 Å². The van der Waals surface area contributed by atoms with Crippen molar-refractivity contribution in [2.75, 3.05) is 11.9 Å². The van der Waals surface area contributed by atoms with Gasteiger partial charge in [-0.25, -0.2) is 18.5 Å². The third kappa shape index (κ3) is 5.80. The molecule has 0 spiro atoms. The predicted octanol–water partition coefficient (Wildman–Crippen LogP) is 2.91. The van der Waals surface area contributed by atoms with Crippen LogP contribution >= 0.6 is 11.3 Å². The molecule has 0 radical (unpaired) electrons. The summed E-state index contributed by atoms with van der Waals surface area (Å²) in [5, 5.41) is 10.9. The Morgan fingerprint density at radius 3 is 2.33 bits per heavy atom. The van der Waals surface area contributed by atoms with Crippen LogP contribution in [-0.4, -0.2) is 31.8 Å². The van der Waals surface area contributed by atoms with Gasteiger partial charge in [-0.1, -0.05) is 36.4 Å². The lowest BCUT2D eigenvalue weighted by Crippen LogP contribution is -2.33. The summed E-state index contributed by atoms with van der Waals surface area (Å²) in [6, 6.07) is 21.4. The van der Waals surface area contributed by atoms with Crippen LogP contribution in [0.2, 0.25) is 0 Å². The smallest absolute Gasteiger partial charge is 0.243 e. The van der Waals surface area contributed by atoms with Crippen molar-refractivity contribution in [2.24, 2.45) is 5.14 Å². The van der Waals surface area contributed by atoms with Crippen LogP contribution in [0.4, 0.5) is 5.69 Å². The molecule has 0 aliphatic heterocycles. The van der Waals surface area contributed by atoms with Crippen LogP contribution in [0.3, 0.4) is 0 Å². The number of thiazole rings is 1. The Bertz CT molecular complexity index is 1420. The van der Waals surface area contributed by atoms with Crippen molar-refractivity contribution in [2.45, 2.75) is 11.3 Å². The van der Waals surface area contributed by atoms with Gasteiger partial charge >= 0.3 is 0 Å². The van der Waals surface area contributed by atoms with Crippen molar-refractivity contribution < 1.29 is 18.0 Å². The normalized spacial score (nSPS) is 11.3. The lowest BCUT2D eigenvalue weighted by molar-refractivity contribution is -0.123. The van der Waals surface area contributed by atoms with E-state index in [0.717, 1.165) is 21.3 Å². The van der Waals surface area contributed by atoms with Gasteiger partial charge in [-0.05, 0) is 47.5 Å². The number of hydrogen-bond donors (Lipinski definition) is 3. The van der Waals surface area contributed by atoms with Gasteiger partial charge in [0.15, 0.2) is 0 Å². The van der Waals surface area contributed by atoms with Crippen LogP contribution in [0.5, 0.6) is 0 Å². The number of nitrogens with one attached hydrogen (secondary N) is 2. The van der Waals surface area contributed by atoms with E-state index in [1.165, 1.54) is 35.6 Å². The van der Waals surface area contributed by atoms with Gasteiger partial charge in [-0.15, -0.1) is 11.3 Å². The summed E-state index contributed by atoms with van der Waals surface area (Å²) >= 11 is 1.44. The van der Waals surface area contributed by atoms with E-state index < -0.39 is 15.9 Å². The van der Waals surface area contributed by atoms with Gasteiger partial charge in [0, 0.05) is 5.69 Å². The molecule has 0 unspecified atom stereocenters. The first kappa shape index (κ1) is 22.6. The lowest BCUT2D eigenvalue weighted by atomic mass is 10.1. The van der Waals surface area contributed by atoms with E-state index in [-0.39, 0.29) is 23.8 Å². The van der Waals surface area contributed by atoms with Crippen molar-refractivity contribution >= 4 is 49.1 Å². The fourth-order valence-electron chi connectivity index (χ4n) is 3.17. The van der Waals surface area contributed by atoms with Gasteiger partial charge in [0.2, 0.25) is 21.8 Å². The number of nitrogens with zero attached hydrogens (tertiary/aromatic N) is 1. The van der Waals surface area contributed by atoms with Gasteiger partial charge in [-0.2, -0.15) is 0 Å². The number of carbonyl (C=O) groups excluding carboxylic acids is 2. The van der Waals surface area contributed by atoms with Crippen LogP contribution < -0.4 is 15.8 Å². The van der Waals surface area contributed by atoms with Gasteiger partial charge < -0.3 is 10.6 Å². The molecule has 4 aromatic rings. The average Bonchev–Trinajstić information content (AvgIpc) is 3.19. The zero-order valence-corrected chi connectivity index (χ0v) is 18.9. The Kier molecular flexibility index (Phi) is 6.50. The highest BCUT2D eigenvalue weighted by atomic mass is 32.2. The second-order valence-electron chi connectivity index (χ2n) is 7.23. The molecule has 2 amide bonds. The maximum Gasteiger partial charge on any atom is 0.243 e. The van der Waals surface area contributed by atoms with Crippen molar-refractivity contribution in [3.8, 4) is 11.1 Å². The monoisotopic (exact) mass is 480 g/mol. The summed E-state index contributed by atoms with van der Waals surface area (Å²) in [5.41, 5.74) is 3.40. The maximum absolute atomic E-state index is 12.3.